The summed E-state index contributed by atoms with van der Waals surface area (Å²) in [6.07, 6.45) is 6.70. The first-order valence-electron chi connectivity index (χ1n) is 6.95. The van der Waals surface area contributed by atoms with Gasteiger partial charge < -0.3 is 10.1 Å². The average molecular weight is 226 g/mol. The van der Waals surface area contributed by atoms with Gasteiger partial charge in [0.2, 0.25) is 0 Å². The second-order valence-electron chi connectivity index (χ2n) is 5.08. The van der Waals surface area contributed by atoms with Crippen molar-refractivity contribution in [2.75, 3.05) is 32.8 Å². The molecule has 1 saturated carbocycles. The van der Waals surface area contributed by atoms with Crippen molar-refractivity contribution in [1.82, 2.24) is 10.2 Å². The van der Waals surface area contributed by atoms with Crippen LogP contribution in [0.3, 0.4) is 0 Å². The van der Waals surface area contributed by atoms with Gasteiger partial charge in [0.15, 0.2) is 0 Å². The smallest absolute Gasteiger partial charge is 0.0593 e. The first-order valence-corrected chi connectivity index (χ1v) is 6.95. The van der Waals surface area contributed by atoms with Crippen LogP contribution >= 0.6 is 0 Å². The highest BCUT2D eigenvalue weighted by Gasteiger charge is 2.26. The van der Waals surface area contributed by atoms with Crippen LogP contribution in [0.5, 0.6) is 0 Å². The summed E-state index contributed by atoms with van der Waals surface area (Å²) in [6.45, 7) is 7.60. The molecule has 3 nitrogen and oxygen atoms in total. The lowest BCUT2D eigenvalue weighted by Crippen LogP contribution is -2.45. The van der Waals surface area contributed by atoms with Gasteiger partial charge in [-0.3, -0.25) is 4.90 Å². The van der Waals surface area contributed by atoms with E-state index in [0.29, 0.717) is 0 Å². The summed E-state index contributed by atoms with van der Waals surface area (Å²) in [5.41, 5.74) is 0. The van der Waals surface area contributed by atoms with Crippen LogP contribution in [-0.4, -0.2) is 49.8 Å². The number of rotatable bonds is 3. The van der Waals surface area contributed by atoms with Crippen molar-refractivity contribution in [3.8, 4) is 0 Å². The predicted molar refractivity (Wildman–Crippen MR) is 66.7 cm³/mol. The van der Waals surface area contributed by atoms with E-state index in [2.05, 4.69) is 17.1 Å². The maximum atomic E-state index is 5.53. The van der Waals surface area contributed by atoms with E-state index < -0.39 is 0 Å². The molecular formula is C13H26N2O. The van der Waals surface area contributed by atoms with E-state index in [-0.39, 0.29) is 0 Å². The maximum Gasteiger partial charge on any atom is 0.0593 e. The van der Waals surface area contributed by atoms with Crippen LogP contribution in [0.25, 0.3) is 0 Å². The van der Waals surface area contributed by atoms with Gasteiger partial charge in [-0.15, -0.1) is 0 Å². The van der Waals surface area contributed by atoms with E-state index in [1.54, 1.807) is 0 Å². The molecule has 16 heavy (non-hydrogen) atoms. The molecule has 1 aliphatic carbocycles. The molecular weight excluding hydrogens is 200 g/mol. The van der Waals surface area contributed by atoms with E-state index in [9.17, 15) is 0 Å². The van der Waals surface area contributed by atoms with E-state index in [1.165, 1.54) is 38.6 Å². The fourth-order valence-electron chi connectivity index (χ4n) is 3.10. The molecule has 2 atom stereocenters. The van der Waals surface area contributed by atoms with Gasteiger partial charge in [0.25, 0.3) is 0 Å². The molecule has 2 rings (SSSR count). The van der Waals surface area contributed by atoms with Crippen molar-refractivity contribution in [3.63, 3.8) is 0 Å². The number of ether oxygens (including phenoxy) is 1. The Kier molecular flexibility index (Phi) is 5.07. The van der Waals surface area contributed by atoms with Crippen LogP contribution < -0.4 is 5.32 Å². The zero-order valence-electron chi connectivity index (χ0n) is 10.6. The summed E-state index contributed by atoms with van der Waals surface area (Å²) in [4.78, 5) is 2.66. The van der Waals surface area contributed by atoms with Crippen LogP contribution in [0.1, 0.15) is 39.0 Å². The van der Waals surface area contributed by atoms with Gasteiger partial charge in [-0.1, -0.05) is 13.3 Å². The van der Waals surface area contributed by atoms with E-state index in [4.69, 9.17) is 4.74 Å². The Morgan fingerprint density at radius 1 is 1.19 bits per heavy atom. The highest BCUT2D eigenvalue weighted by atomic mass is 16.5. The van der Waals surface area contributed by atoms with Gasteiger partial charge >= 0.3 is 0 Å². The van der Waals surface area contributed by atoms with Crippen molar-refractivity contribution in [2.24, 2.45) is 0 Å². The van der Waals surface area contributed by atoms with Gasteiger partial charge in [0.05, 0.1) is 6.61 Å². The van der Waals surface area contributed by atoms with E-state index in [0.717, 1.165) is 38.4 Å². The number of hydrogen-bond donors (Lipinski definition) is 1. The Balaban J connectivity index is 1.82. The summed E-state index contributed by atoms with van der Waals surface area (Å²) in [5.74, 6) is 0. The molecule has 2 unspecified atom stereocenters. The van der Waals surface area contributed by atoms with Crippen LogP contribution in [0.15, 0.2) is 0 Å². The van der Waals surface area contributed by atoms with Crippen molar-refractivity contribution < 1.29 is 4.74 Å². The van der Waals surface area contributed by atoms with Crippen LogP contribution in [0.2, 0.25) is 0 Å². The maximum absolute atomic E-state index is 5.53. The summed E-state index contributed by atoms with van der Waals surface area (Å²) in [7, 11) is 0. The Morgan fingerprint density at radius 3 is 3.00 bits per heavy atom. The second kappa shape index (κ2) is 6.58. The van der Waals surface area contributed by atoms with Crippen molar-refractivity contribution in [1.29, 1.82) is 0 Å². The Labute approximate surface area is 99.5 Å². The molecule has 3 heteroatoms. The molecule has 1 aliphatic heterocycles. The third-order valence-electron chi connectivity index (χ3n) is 3.91. The lowest BCUT2D eigenvalue weighted by molar-refractivity contribution is 0.114. The minimum atomic E-state index is 0.757. The topological polar surface area (TPSA) is 24.5 Å². The number of nitrogens with one attached hydrogen (secondary N) is 1. The summed E-state index contributed by atoms with van der Waals surface area (Å²) in [6, 6.07) is 1.56. The minimum absolute atomic E-state index is 0.757. The average Bonchev–Trinajstić information content (AvgIpc) is 2.58. The summed E-state index contributed by atoms with van der Waals surface area (Å²) < 4.78 is 5.53. The van der Waals surface area contributed by atoms with Crippen LogP contribution in [-0.2, 0) is 4.74 Å². The van der Waals surface area contributed by atoms with Crippen molar-refractivity contribution in [2.45, 2.75) is 51.1 Å². The standard InChI is InChI=1S/C13H26N2O/c1-2-14-12-5-3-6-13(11-12)15-7-4-9-16-10-8-15/h12-14H,2-11H2,1H3. The van der Waals surface area contributed by atoms with Crippen LogP contribution in [0, 0.1) is 0 Å². The number of hydrogen-bond acceptors (Lipinski definition) is 3. The van der Waals surface area contributed by atoms with Gasteiger partial charge in [-0.25, -0.2) is 0 Å². The molecule has 0 aromatic carbocycles. The molecule has 0 bridgehead atoms. The van der Waals surface area contributed by atoms with E-state index in [1.807, 2.05) is 0 Å². The van der Waals surface area contributed by atoms with Gasteiger partial charge in [-0.05, 0) is 32.2 Å². The lowest BCUT2D eigenvalue weighted by Gasteiger charge is -2.37. The summed E-state index contributed by atoms with van der Waals surface area (Å²) in [5, 5.41) is 3.61. The molecule has 0 amide bonds. The Bertz CT molecular complexity index is 188. The molecule has 0 aromatic heterocycles. The monoisotopic (exact) mass is 226 g/mol. The first-order chi connectivity index (χ1) is 7.90. The van der Waals surface area contributed by atoms with Gasteiger partial charge in [-0.2, -0.15) is 0 Å². The molecule has 2 fully saturated rings. The van der Waals surface area contributed by atoms with Gasteiger partial charge in [0, 0.05) is 31.8 Å². The Hall–Kier alpha value is -0.120. The van der Waals surface area contributed by atoms with E-state index >= 15 is 0 Å². The third-order valence-corrected chi connectivity index (χ3v) is 3.91. The first kappa shape index (κ1) is 12.3. The SMILES string of the molecule is CCNC1CCCC(N2CCCOCC2)C1. The fraction of sp³-hybridized carbons (Fsp3) is 1.00. The van der Waals surface area contributed by atoms with Crippen LogP contribution in [0.4, 0.5) is 0 Å². The highest BCUT2D eigenvalue weighted by molar-refractivity contribution is 4.84. The summed E-state index contributed by atoms with van der Waals surface area (Å²) >= 11 is 0. The number of nitrogens with zero attached hydrogens (tertiary/aromatic N) is 1. The highest BCUT2D eigenvalue weighted by Crippen LogP contribution is 2.23. The van der Waals surface area contributed by atoms with Gasteiger partial charge in [0.1, 0.15) is 0 Å². The molecule has 0 aromatic rings. The zero-order chi connectivity index (χ0) is 11.2. The molecule has 0 spiro atoms. The van der Waals surface area contributed by atoms with Crippen molar-refractivity contribution >= 4 is 0 Å². The zero-order valence-corrected chi connectivity index (χ0v) is 10.6. The second-order valence-corrected chi connectivity index (χ2v) is 5.08. The Morgan fingerprint density at radius 2 is 2.12 bits per heavy atom. The molecule has 2 aliphatic rings. The lowest BCUT2D eigenvalue weighted by atomic mass is 9.90. The minimum Gasteiger partial charge on any atom is -0.380 e. The third kappa shape index (κ3) is 3.44. The fourth-order valence-corrected chi connectivity index (χ4v) is 3.10. The molecule has 1 saturated heterocycles. The largest absolute Gasteiger partial charge is 0.380 e. The molecule has 94 valence electrons. The molecule has 0 radical (unpaired) electrons. The predicted octanol–water partition coefficient (Wildman–Crippen LogP) is 1.63. The quantitative estimate of drug-likeness (QED) is 0.791. The molecule has 1 N–H and O–H groups in total. The van der Waals surface area contributed by atoms with Crippen molar-refractivity contribution in [3.05, 3.63) is 0 Å². The molecule has 1 heterocycles. The normalized spacial score (nSPS) is 33.6.